The molecule has 0 fully saturated rings. The van der Waals surface area contributed by atoms with E-state index in [9.17, 15) is 0 Å². The van der Waals surface area contributed by atoms with Gasteiger partial charge in [-0.2, -0.15) is 5.10 Å². The van der Waals surface area contributed by atoms with E-state index < -0.39 is 0 Å². The second-order valence-electron chi connectivity index (χ2n) is 5.04. The number of thiocarbonyl (C=S) groups is 1. The van der Waals surface area contributed by atoms with E-state index >= 15 is 0 Å². The van der Waals surface area contributed by atoms with Crippen LogP contribution in [0.3, 0.4) is 0 Å². The fourth-order valence-corrected chi connectivity index (χ4v) is 2.23. The monoisotopic (exact) mass is 327 g/mol. The van der Waals surface area contributed by atoms with Crippen LogP contribution in [0.15, 0.2) is 47.6 Å². The molecule has 4 nitrogen and oxygen atoms in total. The maximum atomic E-state index is 5.55. The lowest BCUT2D eigenvalue weighted by Gasteiger charge is -2.11. The Morgan fingerprint density at radius 1 is 1.17 bits per heavy atom. The summed E-state index contributed by atoms with van der Waals surface area (Å²) in [5.74, 6) is 0.800. The van der Waals surface area contributed by atoms with Crippen LogP contribution in [0.2, 0.25) is 0 Å². The third-order valence-corrected chi connectivity index (χ3v) is 3.63. The Kier molecular flexibility index (Phi) is 6.11. The molecule has 0 aliphatic heterocycles. The minimum atomic E-state index is 0.448. The maximum absolute atomic E-state index is 5.55. The fourth-order valence-electron chi connectivity index (χ4n) is 2.07. The molecule has 2 N–H and O–H groups in total. The average Bonchev–Trinajstić information content (AvgIpc) is 2.54. The normalized spacial score (nSPS) is 10.6. The summed E-state index contributed by atoms with van der Waals surface area (Å²) in [6.07, 6.45) is 1.70. The molecule has 0 spiro atoms. The van der Waals surface area contributed by atoms with Gasteiger partial charge in [-0.25, -0.2) is 0 Å². The van der Waals surface area contributed by atoms with E-state index in [1.807, 2.05) is 43.3 Å². The lowest BCUT2D eigenvalue weighted by atomic mass is 10.1. The van der Waals surface area contributed by atoms with Gasteiger partial charge in [-0.1, -0.05) is 24.3 Å². The van der Waals surface area contributed by atoms with Gasteiger partial charge in [0.15, 0.2) is 5.11 Å². The van der Waals surface area contributed by atoms with Gasteiger partial charge in [-0.05, 0) is 62.3 Å². The molecule has 0 saturated carbocycles. The summed E-state index contributed by atoms with van der Waals surface area (Å²) >= 11 is 5.27. The quantitative estimate of drug-likeness (QED) is 0.494. The molecule has 2 aromatic carbocycles. The van der Waals surface area contributed by atoms with E-state index in [1.165, 1.54) is 11.1 Å². The summed E-state index contributed by atoms with van der Waals surface area (Å²) < 4.78 is 5.55. The molecule has 0 unspecified atom stereocenters. The highest BCUT2D eigenvalue weighted by Crippen LogP contribution is 2.18. The van der Waals surface area contributed by atoms with Gasteiger partial charge in [0, 0.05) is 11.3 Å². The molecule has 0 aliphatic rings. The van der Waals surface area contributed by atoms with Crippen LogP contribution in [0.1, 0.15) is 23.6 Å². The Morgan fingerprint density at radius 3 is 2.74 bits per heavy atom. The van der Waals surface area contributed by atoms with E-state index in [0.717, 1.165) is 17.0 Å². The number of anilines is 1. The lowest BCUT2D eigenvalue weighted by molar-refractivity contribution is 0.340. The number of benzene rings is 2. The summed E-state index contributed by atoms with van der Waals surface area (Å²) in [4.78, 5) is 0. The lowest BCUT2D eigenvalue weighted by Crippen LogP contribution is -2.24. The van der Waals surface area contributed by atoms with Gasteiger partial charge in [0.05, 0.1) is 12.8 Å². The van der Waals surface area contributed by atoms with Crippen molar-refractivity contribution >= 4 is 29.2 Å². The zero-order chi connectivity index (χ0) is 16.7. The van der Waals surface area contributed by atoms with Crippen LogP contribution in [0, 0.1) is 13.8 Å². The number of ether oxygens (including phenoxy) is 1. The average molecular weight is 327 g/mol. The number of aryl methyl sites for hydroxylation is 1. The third-order valence-electron chi connectivity index (χ3n) is 3.44. The second kappa shape index (κ2) is 8.29. The van der Waals surface area contributed by atoms with Crippen LogP contribution in [0.4, 0.5) is 5.69 Å². The van der Waals surface area contributed by atoms with Crippen molar-refractivity contribution in [3.63, 3.8) is 0 Å². The Hall–Kier alpha value is -2.40. The van der Waals surface area contributed by atoms with Crippen molar-refractivity contribution in [2.45, 2.75) is 20.8 Å². The Labute approximate surface area is 142 Å². The van der Waals surface area contributed by atoms with Gasteiger partial charge >= 0.3 is 0 Å². The maximum Gasteiger partial charge on any atom is 0.191 e. The molecule has 0 heterocycles. The minimum absolute atomic E-state index is 0.448. The molecule has 0 amide bonds. The number of hydrogen-bond donors (Lipinski definition) is 2. The Bertz CT molecular complexity index is 713. The highest BCUT2D eigenvalue weighted by atomic mass is 32.1. The predicted octanol–water partition coefficient (Wildman–Crippen LogP) is 4.02. The van der Waals surface area contributed by atoms with Crippen LogP contribution >= 0.6 is 12.2 Å². The largest absolute Gasteiger partial charge is 0.493 e. The van der Waals surface area contributed by atoms with Crippen LogP contribution in [-0.4, -0.2) is 17.9 Å². The zero-order valence-corrected chi connectivity index (χ0v) is 14.4. The molecule has 2 aromatic rings. The number of nitrogens with one attached hydrogen (secondary N) is 2. The molecule has 0 radical (unpaired) electrons. The Morgan fingerprint density at radius 2 is 1.96 bits per heavy atom. The van der Waals surface area contributed by atoms with Crippen LogP contribution in [0.25, 0.3) is 0 Å². The van der Waals surface area contributed by atoms with Crippen molar-refractivity contribution in [1.82, 2.24) is 5.43 Å². The van der Waals surface area contributed by atoms with Crippen LogP contribution in [0.5, 0.6) is 5.75 Å². The molecule has 120 valence electrons. The Balaban J connectivity index is 1.98. The summed E-state index contributed by atoms with van der Waals surface area (Å²) in [7, 11) is 0. The first-order valence-electron chi connectivity index (χ1n) is 7.50. The minimum Gasteiger partial charge on any atom is -0.493 e. The van der Waals surface area contributed by atoms with Gasteiger partial charge in [0.2, 0.25) is 0 Å². The van der Waals surface area contributed by atoms with Gasteiger partial charge in [0.25, 0.3) is 0 Å². The topological polar surface area (TPSA) is 45.6 Å². The number of rotatable bonds is 5. The van der Waals surface area contributed by atoms with E-state index in [0.29, 0.717) is 11.7 Å². The molecular weight excluding hydrogens is 306 g/mol. The first-order valence-corrected chi connectivity index (χ1v) is 7.90. The number of hydrogen-bond acceptors (Lipinski definition) is 3. The van der Waals surface area contributed by atoms with Gasteiger partial charge in [0.1, 0.15) is 5.75 Å². The SMILES string of the molecule is CCOc1ccccc1C=NNC(=S)Nc1cccc(C)c1C. The van der Waals surface area contributed by atoms with Gasteiger partial charge in [-0.15, -0.1) is 0 Å². The van der Waals surface area contributed by atoms with Crippen molar-refractivity contribution in [3.8, 4) is 5.75 Å². The summed E-state index contributed by atoms with van der Waals surface area (Å²) in [6, 6.07) is 13.8. The highest BCUT2D eigenvalue weighted by molar-refractivity contribution is 7.80. The number of nitrogens with zero attached hydrogens (tertiary/aromatic N) is 1. The molecule has 0 bridgehead atoms. The summed E-state index contributed by atoms with van der Waals surface area (Å²) in [5, 5.41) is 7.77. The van der Waals surface area contributed by atoms with Crippen molar-refractivity contribution in [1.29, 1.82) is 0 Å². The van der Waals surface area contributed by atoms with Gasteiger partial charge in [-0.3, -0.25) is 5.43 Å². The standard InChI is InChI=1S/C18H21N3OS/c1-4-22-17-11-6-5-9-15(17)12-19-21-18(23)20-16-10-7-8-13(2)14(16)3/h5-12H,4H2,1-3H3,(H2,20,21,23). The molecule has 0 aliphatic carbocycles. The first-order chi connectivity index (χ1) is 11.1. The molecule has 23 heavy (non-hydrogen) atoms. The van der Waals surface area contributed by atoms with Crippen molar-refractivity contribution in [2.75, 3.05) is 11.9 Å². The highest BCUT2D eigenvalue weighted by Gasteiger charge is 2.02. The number of hydrazone groups is 1. The second-order valence-corrected chi connectivity index (χ2v) is 5.45. The molecule has 0 saturated heterocycles. The molecular formula is C18H21N3OS. The fraction of sp³-hybridized carbons (Fsp3) is 0.222. The molecule has 0 atom stereocenters. The smallest absolute Gasteiger partial charge is 0.191 e. The van der Waals surface area contributed by atoms with Crippen molar-refractivity contribution < 1.29 is 4.74 Å². The zero-order valence-electron chi connectivity index (χ0n) is 13.6. The van der Waals surface area contributed by atoms with E-state index in [-0.39, 0.29) is 0 Å². The number of para-hydroxylation sites is 1. The third kappa shape index (κ3) is 4.79. The summed E-state index contributed by atoms with van der Waals surface area (Å²) in [5.41, 5.74) is 7.09. The molecule has 0 aromatic heterocycles. The van der Waals surface area contributed by atoms with E-state index in [1.54, 1.807) is 6.21 Å². The molecule has 2 rings (SSSR count). The predicted molar refractivity (Wildman–Crippen MR) is 100 cm³/mol. The van der Waals surface area contributed by atoms with Crippen molar-refractivity contribution in [3.05, 3.63) is 59.2 Å². The first kappa shape index (κ1) is 17.0. The van der Waals surface area contributed by atoms with E-state index in [4.69, 9.17) is 17.0 Å². The molecule has 5 heteroatoms. The van der Waals surface area contributed by atoms with Crippen LogP contribution < -0.4 is 15.5 Å². The summed E-state index contributed by atoms with van der Waals surface area (Å²) in [6.45, 7) is 6.70. The van der Waals surface area contributed by atoms with Crippen LogP contribution in [-0.2, 0) is 0 Å². The van der Waals surface area contributed by atoms with Gasteiger partial charge < -0.3 is 10.1 Å². The van der Waals surface area contributed by atoms with Crippen molar-refractivity contribution in [2.24, 2.45) is 5.10 Å². The van der Waals surface area contributed by atoms with E-state index in [2.05, 4.69) is 35.8 Å².